The molecule has 0 aromatic heterocycles. The fraction of sp³-hybridized carbons (Fsp3) is 0.900. The fourth-order valence-electron chi connectivity index (χ4n) is 4.54. The van der Waals surface area contributed by atoms with Crippen molar-refractivity contribution in [3.05, 3.63) is 0 Å². The molecule has 2 heterocycles. The zero-order valence-corrected chi connectivity index (χ0v) is 19.0. The third kappa shape index (κ3) is 7.87. The topological polar surface area (TPSA) is 87.9 Å². The lowest BCUT2D eigenvalue weighted by atomic mass is 9.88. The standard InChI is InChI=1S/C20H36N4O3.2ClH/c21-18(16-6-14-27-15-7-16)19(25)22-8-9-23-10-12-24(13-11-23)20(26)17-4-2-1-3-5-17;;/h16-18H,1-15,21H2,(H,22,25);2*1H. The van der Waals surface area contributed by atoms with Gasteiger partial charge in [-0.3, -0.25) is 14.5 Å². The van der Waals surface area contributed by atoms with Crippen molar-refractivity contribution in [3.63, 3.8) is 0 Å². The molecule has 0 aromatic rings. The van der Waals surface area contributed by atoms with Crippen molar-refractivity contribution in [2.75, 3.05) is 52.5 Å². The Bertz CT molecular complexity index is 492. The second-order valence-electron chi connectivity index (χ2n) is 8.27. The van der Waals surface area contributed by atoms with Crippen LogP contribution in [0.5, 0.6) is 0 Å². The molecule has 3 N–H and O–H groups in total. The highest BCUT2D eigenvalue weighted by Crippen LogP contribution is 2.25. The van der Waals surface area contributed by atoms with Crippen molar-refractivity contribution in [2.45, 2.75) is 51.0 Å². The maximum atomic E-state index is 12.6. The van der Waals surface area contributed by atoms with Crippen LogP contribution in [0.1, 0.15) is 44.9 Å². The minimum absolute atomic E-state index is 0. The molecule has 2 aliphatic heterocycles. The van der Waals surface area contributed by atoms with Gasteiger partial charge in [0.05, 0.1) is 6.04 Å². The minimum atomic E-state index is -0.432. The first-order valence-corrected chi connectivity index (χ1v) is 10.8. The van der Waals surface area contributed by atoms with Crippen molar-refractivity contribution >= 4 is 36.6 Å². The first-order valence-electron chi connectivity index (χ1n) is 10.8. The molecule has 3 fully saturated rings. The Balaban J connectivity index is 0.00000210. The number of nitrogens with zero attached hydrogens (tertiary/aromatic N) is 2. The summed E-state index contributed by atoms with van der Waals surface area (Å²) in [6.07, 6.45) is 7.55. The highest BCUT2D eigenvalue weighted by molar-refractivity contribution is 5.85. The average molecular weight is 453 g/mol. The summed E-state index contributed by atoms with van der Waals surface area (Å²) in [5.74, 6) is 0.808. The molecule has 1 unspecified atom stereocenters. The quantitative estimate of drug-likeness (QED) is 0.635. The van der Waals surface area contributed by atoms with Crippen LogP contribution in [0.3, 0.4) is 0 Å². The Hall–Kier alpha value is -0.600. The lowest BCUT2D eigenvalue weighted by molar-refractivity contribution is -0.138. The summed E-state index contributed by atoms with van der Waals surface area (Å²) in [6.45, 7) is 6.24. The van der Waals surface area contributed by atoms with Gasteiger partial charge in [-0.25, -0.2) is 0 Å². The summed E-state index contributed by atoms with van der Waals surface area (Å²) in [7, 11) is 0. The molecule has 170 valence electrons. The molecule has 1 aliphatic carbocycles. The highest BCUT2D eigenvalue weighted by Gasteiger charge is 2.29. The predicted octanol–water partition coefficient (Wildman–Crippen LogP) is 1.42. The number of piperazine rings is 1. The SMILES string of the molecule is Cl.Cl.NC(C(=O)NCCN1CCN(C(=O)C2CCCCC2)CC1)C1CCOCC1. The van der Waals surface area contributed by atoms with Gasteiger partial charge < -0.3 is 20.7 Å². The van der Waals surface area contributed by atoms with Crippen LogP contribution in [0.15, 0.2) is 0 Å². The first-order chi connectivity index (χ1) is 13.1. The Morgan fingerprint density at radius 1 is 0.966 bits per heavy atom. The molecule has 0 radical (unpaired) electrons. The number of rotatable bonds is 6. The molecule has 0 aromatic carbocycles. The van der Waals surface area contributed by atoms with E-state index < -0.39 is 6.04 Å². The number of nitrogens with one attached hydrogen (secondary N) is 1. The Kier molecular flexibility index (Phi) is 12.4. The third-order valence-corrected chi connectivity index (χ3v) is 6.44. The molecule has 3 aliphatic rings. The van der Waals surface area contributed by atoms with Gasteiger partial charge >= 0.3 is 0 Å². The van der Waals surface area contributed by atoms with Gasteiger partial charge in [0.15, 0.2) is 0 Å². The number of halogens is 2. The van der Waals surface area contributed by atoms with Gasteiger partial charge in [-0.1, -0.05) is 19.3 Å². The number of carbonyl (C=O) groups excluding carboxylic acids is 2. The van der Waals surface area contributed by atoms with Crippen molar-refractivity contribution < 1.29 is 14.3 Å². The van der Waals surface area contributed by atoms with Gasteiger partial charge in [0.25, 0.3) is 0 Å². The Morgan fingerprint density at radius 3 is 2.21 bits per heavy atom. The second kappa shape index (κ2) is 13.7. The minimum Gasteiger partial charge on any atom is -0.381 e. The number of ether oxygens (including phenoxy) is 1. The zero-order chi connectivity index (χ0) is 19.1. The van der Waals surface area contributed by atoms with E-state index in [-0.39, 0.29) is 42.6 Å². The fourth-order valence-corrected chi connectivity index (χ4v) is 4.54. The number of nitrogens with two attached hydrogens (primary N) is 1. The van der Waals surface area contributed by atoms with Crippen molar-refractivity contribution in [2.24, 2.45) is 17.6 Å². The van der Waals surface area contributed by atoms with Crippen molar-refractivity contribution in [3.8, 4) is 0 Å². The largest absolute Gasteiger partial charge is 0.381 e. The number of hydrogen-bond donors (Lipinski definition) is 2. The molecule has 0 bridgehead atoms. The van der Waals surface area contributed by atoms with Crippen LogP contribution in [0.4, 0.5) is 0 Å². The van der Waals surface area contributed by atoms with Crippen molar-refractivity contribution in [1.82, 2.24) is 15.1 Å². The van der Waals surface area contributed by atoms with Crippen LogP contribution in [-0.4, -0.2) is 80.1 Å². The van der Waals surface area contributed by atoms with Crippen LogP contribution in [0, 0.1) is 11.8 Å². The van der Waals surface area contributed by atoms with E-state index in [0.29, 0.717) is 25.7 Å². The summed E-state index contributed by atoms with van der Waals surface area (Å²) in [4.78, 5) is 29.2. The second-order valence-corrected chi connectivity index (χ2v) is 8.27. The predicted molar refractivity (Wildman–Crippen MR) is 119 cm³/mol. The molecule has 1 saturated carbocycles. The molecule has 2 amide bonds. The van der Waals surface area contributed by atoms with E-state index in [1.165, 1.54) is 19.3 Å². The summed E-state index contributed by atoms with van der Waals surface area (Å²) >= 11 is 0. The summed E-state index contributed by atoms with van der Waals surface area (Å²) < 4.78 is 5.33. The lowest BCUT2D eigenvalue weighted by Crippen LogP contribution is -2.53. The Labute approximate surface area is 187 Å². The van der Waals surface area contributed by atoms with Crippen LogP contribution < -0.4 is 11.1 Å². The molecule has 1 atom stereocenters. The molecular formula is C20H38Cl2N4O3. The Morgan fingerprint density at radius 2 is 1.59 bits per heavy atom. The summed E-state index contributed by atoms with van der Waals surface area (Å²) in [6, 6.07) is -0.432. The van der Waals surface area contributed by atoms with Gasteiger partial charge in [0.1, 0.15) is 0 Å². The first kappa shape index (κ1) is 26.4. The van der Waals surface area contributed by atoms with Crippen LogP contribution in [0.25, 0.3) is 0 Å². The highest BCUT2D eigenvalue weighted by atomic mass is 35.5. The number of carbonyl (C=O) groups is 2. The molecule has 9 heteroatoms. The normalized spacial score (nSPS) is 22.9. The van der Waals surface area contributed by atoms with Gasteiger partial charge in [-0.05, 0) is 31.6 Å². The molecule has 29 heavy (non-hydrogen) atoms. The smallest absolute Gasteiger partial charge is 0.237 e. The van der Waals surface area contributed by atoms with E-state index in [9.17, 15) is 9.59 Å². The van der Waals surface area contributed by atoms with Gasteiger partial charge in [-0.2, -0.15) is 0 Å². The third-order valence-electron chi connectivity index (χ3n) is 6.44. The van der Waals surface area contributed by atoms with Crippen LogP contribution in [0.2, 0.25) is 0 Å². The van der Waals surface area contributed by atoms with Crippen molar-refractivity contribution in [1.29, 1.82) is 0 Å². The van der Waals surface area contributed by atoms with Gasteiger partial charge in [0, 0.05) is 58.4 Å². The van der Waals surface area contributed by atoms with Crippen LogP contribution in [-0.2, 0) is 14.3 Å². The number of amides is 2. The monoisotopic (exact) mass is 452 g/mol. The van der Waals surface area contributed by atoms with E-state index in [2.05, 4.69) is 10.2 Å². The number of hydrogen-bond acceptors (Lipinski definition) is 5. The molecular weight excluding hydrogens is 415 g/mol. The van der Waals surface area contributed by atoms with E-state index in [1.54, 1.807) is 0 Å². The molecule has 0 spiro atoms. The van der Waals surface area contributed by atoms with E-state index in [0.717, 1.165) is 58.4 Å². The van der Waals surface area contributed by atoms with E-state index in [4.69, 9.17) is 10.5 Å². The van der Waals surface area contributed by atoms with Crippen LogP contribution >= 0.6 is 24.8 Å². The van der Waals surface area contributed by atoms with E-state index in [1.807, 2.05) is 4.90 Å². The molecule has 3 rings (SSSR count). The van der Waals surface area contributed by atoms with Gasteiger partial charge in [0.2, 0.25) is 11.8 Å². The zero-order valence-electron chi connectivity index (χ0n) is 17.4. The molecule has 7 nitrogen and oxygen atoms in total. The summed E-state index contributed by atoms with van der Waals surface area (Å²) in [5.41, 5.74) is 6.11. The molecule has 2 saturated heterocycles. The average Bonchev–Trinajstić information content (AvgIpc) is 2.74. The lowest BCUT2D eigenvalue weighted by Gasteiger charge is -2.37. The van der Waals surface area contributed by atoms with E-state index >= 15 is 0 Å². The summed E-state index contributed by atoms with van der Waals surface area (Å²) in [5, 5.41) is 2.99. The van der Waals surface area contributed by atoms with Gasteiger partial charge in [-0.15, -0.1) is 24.8 Å². The maximum absolute atomic E-state index is 12.6. The maximum Gasteiger partial charge on any atom is 0.237 e.